The lowest BCUT2D eigenvalue weighted by molar-refractivity contribution is 0.582. The Bertz CT molecular complexity index is 2300. The first-order valence-corrected chi connectivity index (χ1v) is 12.2. The number of nitrogens with zero attached hydrogens (tertiary/aromatic N) is 10. The van der Waals surface area contributed by atoms with E-state index < -0.39 is 113 Å². The SMILES string of the molecule is N#CC(C#N)=C1C(c2cc(F)ncc2C#N)=C(C#N)c2c(F)c3c(c(F)c21)C(=C(C#N)C#N)C(c1cc(F)ncc1C#N)=C3C#N. The summed E-state index contributed by atoms with van der Waals surface area (Å²) in [6.45, 7) is 0. The van der Waals surface area contributed by atoms with E-state index >= 15 is 8.78 Å². The Hall–Kier alpha value is -7.88. The molecule has 2 heterocycles. The van der Waals surface area contributed by atoms with Crippen LogP contribution < -0.4 is 0 Å². The predicted molar refractivity (Wildman–Crippen MR) is 145 cm³/mol. The fraction of sp³-hybridized carbons (Fsp3) is 0. The largest absolute Gasteiger partial charge is 0.227 e. The van der Waals surface area contributed by atoms with Crippen LogP contribution in [0.15, 0.2) is 35.7 Å². The molecule has 0 amide bonds. The first-order valence-electron chi connectivity index (χ1n) is 12.2. The highest BCUT2D eigenvalue weighted by molar-refractivity contribution is 6.30. The molecule has 2 aromatic heterocycles. The molecule has 46 heavy (non-hydrogen) atoms. The van der Waals surface area contributed by atoms with Crippen LogP contribution in [0.4, 0.5) is 17.6 Å². The Morgan fingerprint density at radius 3 is 1.15 bits per heavy atom. The number of pyridine rings is 2. The molecule has 0 saturated carbocycles. The van der Waals surface area contributed by atoms with Crippen molar-refractivity contribution in [3.8, 4) is 48.6 Å². The van der Waals surface area contributed by atoms with Gasteiger partial charge in [-0.1, -0.05) is 0 Å². The summed E-state index contributed by atoms with van der Waals surface area (Å²) in [5, 5.41) is 79.1. The standard InChI is InChI=1S/C32H4F4N10/c33-21-1-17(15(7-41)11-45-21)25-19(9-43)27-29(23(25)13(3-37)4-38)32(36)30-24(14(5-39)6-40)26(20(10-44)28(30)31(27)35)18-2-22(34)46-12-16(18)8-42/h1-2,11-12H. The molecule has 0 unspecified atom stereocenters. The minimum absolute atomic E-state index is 0.404. The van der Waals surface area contributed by atoms with Crippen LogP contribution in [0.1, 0.15) is 44.5 Å². The first kappa shape index (κ1) is 29.6. The third kappa shape index (κ3) is 3.96. The van der Waals surface area contributed by atoms with Gasteiger partial charge in [-0.05, 0) is 0 Å². The molecule has 0 spiro atoms. The van der Waals surface area contributed by atoms with Gasteiger partial charge in [-0.2, -0.15) is 50.9 Å². The lowest BCUT2D eigenvalue weighted by atomic mass is 9.87. The van der Waals surface area contributed by atoms with Gasteiger partial charge in [-0.25, -0.2) is 18.7 Å². The molecular formula is C32H4F4N10. The average Bonchev–Trinajstić information content (AvgIpc) is 3.59. The van der Waals surface area contributed by atoms with Crippen LogP contribution in [-0.4, -0.2) is 9.97 Å². The maximum Gasteiger partial charge on any atom is 0.213 e. The van der Waals surface area contributed by atoms with Crippen LogP contribution in [0.25, 0.3) is 33.4 Å². The van der Waals surface area contributed by atoms with Crippen molar-refractivity contribution in [1.82, 2.24) is 9.97 Å². The van der Waals surface area contributed by atoms with Crippen molar-refractivity contribution in [2.24, 2.45) is 0 Å². The minimum atomic E-state index is -1.53. The van der Waals surface area contributed by atoms with Crippen LogP contribution in [0.5, 0.6) is 0 Å². The molecule has 1 aromatic carbocycles. The van der Waals surface area contributed by atoms with E-state index in [1.807, 2.05) is 0 Å². The van der Waals surface area contributed by atoms with Gasteiger partial charge in [0.15, 0.2) is 0 Å². The molecular weight excluding hydrogens is 600 g/mol. The number of nitriles is 8. The zero-order chi connectivity index (χ0) is 33.4. The molecule has 210 valence electrons. The van der Waals surface area contributed by atoms with E-state index in [2.05, 4.69) is 9.97 Å². The van der Waals surface area contributed by atoms with Gasteiger partial charge in [0.25, 0.3) is 0 Å². The van der Waals surface area contributed by atoms with Crippen LogP contribution in [-0.2, 0) is 0 Å². The molecule has 0 N–H and O–H groups in total. The molecule has 5 rings (SSSR count). The number of benzene rings is 1. The van der Waals surface area contributed by atoms with Crippen molar-refractivity contribution < 1.29 is 17.6 Å². The number of aromatic nitrogens is 2. The second-order valence-electron chi connectivity index (χ2n) is 9.13. The smallest absolute Gasteiger partial charge is 0.213 e. The van der Waals surface area contributed by atoms with Crippen LogP contribution in [0.2, 0.25) is 0 Å². The third-order valence-corrected chi connectivity index (χ3v) is 7.07. The number of rotatable bonds is 2. The Kier molecular flexibility index (Phi) is 7.13. The van der Waals surface area contributed by atoms with E-state index in [0.29, 0.717) is 12.1 Å². The van der Waals surface area contributed by atoms with Crippen LogP contribution in [0, 0.1) is 114 Å². The van der Waals surface area contributed by atoms with Crippen molar-refractivity contribution in [2.45, 2.75) is 0 Å². The summed E-state index contributed by atoms with van der Waals surface area (Å²) in [6.07, 6.45) is 1.52. The van der Waals surface area contributed by atoms with E-state index in [4.69, 9.17) is 0 Å². The maximum atomic E-state index is 17.1. The van der Waals surface area contributed by atoms with Crippen molar-refractivity contribution in [1.29, 1.82) is 42.1 Å². The minimum Gasteiger partial charge on any atom is -0.227 e. The summed E-state index contributed by atoms with van der Waals surface area (Å²) in [5.41, 5.74) is -11.3. The van der Waals surface area contributed by atoms with Crippen molar-refractivity contribution >= 4 is 33.4 Å². The summed E-state index contributed by atoms with van der Waals surface area (Å²) < 4.78 is 62.7. The number of fused-ring (bicyclic) bond motifs is 2. The highest BCUT2D eigenvalue weighted by Crippen LogP contribution is 2.57. The Balaban J connectivity index is 2.09. The normalized spacial score (nSPS) is 12.3. The molecule has 10 nitrogen and oxygen atoms in total. The summed E-state index contributed by atoms with van der Waals surface area (Å²) in [7, 11) is 0. The van der Waals surface area contributed by atoms with E-state index in [1.54, 1.807) is 24.3 Å². The highest BCUT2D eigenvalue weighted by Gasteiger charge is 2.45. The summed E-state index contributed by atoms with van der Waals surface area (Å²) in [5.74, 6) is -5.42. The lowest BCUT2D eigenvalue weighted by Crippen LogP contribution is -2.05. The van der Waals surface area contributed by atoms with Gasteiger partial charge in [-0.15, -0.1) is 0 Å². The van der Waals surface area contributed by atoms with Crippen molar-refractivity contribution in [3.05, 3.63) is 104 Å². The number of allylic oxidation sites excluding steroid dienone is 8. The fourth-order valence-electron chi connectivity index (χ4n) is 5.37. The maximum absolute atomic E-state index is 17.1. The van der Waals surface area contributed by atoms with Crippen LogP contribution in [0.3, 0.4) is 0 Å². The molecule has 3 aromatic rings. The first-order chi connectivity index (χ1) is 22.2. The van der Waals surface area contributed by atoms with Gasteiger partial charge >= 0.3 is 0 Å². The number of hydrogen-bond acceptors (Lipinski definition) is 10. The van der Waals surface area contributed by atoms with E-state index in [-0.39, 0.29) is 0 Å². The molecule has 0 bridgehead atoms. The van der Waals surface area contributed by atoms with Crippen molar-refractivity contribution in [2.75, 3.05) is 0 Å². The quantitative estimate of drug-likeness (QED) is 0.209. The Morgan fingerprint density at radius 2 is 0.848 bits per heavy atom. The Morgan fingerprint density at radius 1 is 0.500 bits per heavy atom. The van der Waals surface area contributed by atoms with E-state index in [0.717, 1.165) is 12.4 Å². The molecule has 14 heteroatoms. The van der Waals surface area contributed by atoms with Gasteiger partial charge in [0.05, 0.1) is 22.3 Å². The molecule has 2 aliphatic carbocycles. The zero-order valence-electron chi connectivity index (χ0n) is 22.3. The monoisotopic (exact) mass is 604 g/mol. The third-order valence-electron chi connectivity index (χ3n) is 7.07. The topological polar surface area (TPSA) is 216 Å². The fourth-order valence-corrected chi connectivity index (χ4v) is 5.37. The summed E-state index contributed by atoms with van der Waals surface area (Å²) in [4.78, 5) is 6.70. The summed E-state index contributed by atoms with van der Waals surface area (Å²) in [6, 6.07) is 14.0. The second kappa shape index (κ2) is 11.1. The zero-order valence-corrected chi connectivity index (χ0v) is 22.3. The van der Waals surface area contributed by atoms with E-state index in [1.165, 1.54) is 24.3 Å². The van der Waals surface area contributed by atoms with Gasteiger partial charge < -0.3 is 0 Å². The van der Waals surface area contributed by atoms with Crippen LogP contribution >= 0.6 is 0 Å². The molecule has 0 atom stereocenters. The van der Waals surface area contributed by atoms with Gasteiger partial charge in [0.1, 0.15) is 71.3 Å². The molecule has 0 radical (unpaired) electrons. The molecule has 0 aliphatic heterocycles. The molecule has 0 fully saturated rings. The molecule has 2 aliphatic rings. The number of halogens is 4. The van der Waals surface area contributed by atoms with Gasteiger partial charge in [-0.3, -0.25) is 0 Å². The average molecular weight is 604 g/mol. The number of hydrogen-bond donors (Lipinski definition) is 0. The predicted octanol–water partition coefficient (Wildman–Crippen LogP) is 5.27. The lowest BCUT2D eigenvalue weighted by Gasteiger charge is -2.15. The molecule has 0 saturated heterocycles. The van der Waals surface area contributed by atoms with E-state index in [9.17, 15) is 50.9 Å². The Labute approximate surface area is 255 Å². The summed E-state index contributed by atoms with van der Waals surface area (Å²) >= 11 is 0. The van der Waals surface area contributed by atoms with Gasteiger partial charge in [0, 0.05) is 80.2 Å². The highest BCUT2D eigenvalue weighted by atomic mass is 19.1. The van der Waals surface area contributed by atoms with Crippen molar-refractivity contribution in [3.63, 3.8) is 0 Å². The second-order valence-corrected chi connectivity index (χ2v) is 9.13. The van der Waals surface area contributed by atoms with Gasteiger partial charge in [0.2, 0.25) is 11.9 Å².